The van der Waals surface area contributed by atoms with Crippen LogP contribution in [0.1, 0.15) is 16.8 Å². The van der Waals surface area contributed by atoms with E-state index in [4.69, 9.17) is 4.74 Å². The predicted molar refractivity (Wildman–Crippen MR) is 125 cm³/mol. The normalized spacial score (nSPS) is 15.0. The van der Waals surface area contributed by atoms with Crippen LogP contribution in [0.5, 0.6) is 0 Å². The van der Waals surface area contributed by atoms with Crippen LogP contribution in [0.2, 0.25) is 0 Å². The standard InChI is InChI=1S/C24H27N3O4S/c28-24(23-8-3-6-19-5-1-2-7-22(19)23)26-20-9-11-21(12-10-20)32(29,30)25-13-4-14-27-15-17-31-18-16-27/h1-3,5-12,25H,4,13-18H2,(H,26,28). The van der Waals surface area contributed by atoms with Crippen LogP contribution >= 0.6 is 0 Å². The number of anilines is 1. The lowest BCUT2D eigenvalue weighted by Gasteiger charge is -2.26. The SMILES string of the molecule is O=C(Nc1ccc(S(=O)(=O)NCCCN2CCOCC2)cc1)c1cccc2ccccc12. The molecule has 0 bridgehead atoms. The Morgan fingerprint density at radius 3 is 2.44 bits per heavy atom. The van der Waals surface area contributed by atoms with Gasteiger partial charge in [0.2, 0.25) is 10.0 Å². The van der Waals surface area contributed by atoms with Crippen molar-refractivity contribution in [1.29, 1.82) is 0 Å². The lowest BCUT2D eigenvalue weighted by Crippen LogP contribution is -2.38. The van der Waals surface area contributed by atoms with E-state index in [-0.39, 0.29) is 10.8 Å². The molecule has 0 unspecified atom stereocenters. The van der Waals surface area contributed by atoms with E-state index in [0.29, 0.717) is 17.8 Å². The summed E-state index contributed by atoms with van der Waals surface area (Å²) in [6.07, 6.45) is 0.735. The maximum atomic E-state index is 12.8. The fourth-order valence-corrected chi connectivity index (χ4v) is 4.83. The Morgan fingerprint density at radius 1 is 0.938 bits per heavy atom. The number of amides is 1. The van der Waals surface area contributed by atoms with Gasteiger partial charge < -0.3 is 10.1 Å². The first-order chi connectivity index (χ1) is 15.5. The molecule has 1 fully saturated rings. The number of morpholine rings is 1. The third-order valence-corrected chi connectivity index (χ3v) is 6.98. The summed E-state index contributed by atoms with van der Waals surface area (Å²) in [7, 11) is -3.60. The van der Waals surface area contributed by atoms with Crippen molar-refractivity contribution in [2.24, 2.45) is 0 Å². The van der Waals surface area contributed by atoms with Gasteiger partial charge >= 0.3 is 0 Å². The fraction of sp³-hybridized carbons (Fsp3) is 0.292. The Hall–Kier alpha value is -2.78. The van der Waals surface area contributed by atoms with Gasteiger partial charge in [0, 0.05) is 30.9 Å². The maximum Gasteiger partial charge on any atom is 0.256 e. The van der Waals surface area contributed by atoms with Gasteiger partial charge in [0.25, 0.3) is 5.91 Å². The number of carbonyl (C=O) groups is 1. The largest absolute Gasteiger partial charge is 0.379 e. The van der Waals surface area contributed by atoms with E-state index in [9.17, 15) is 13.2 Å². The Bertz CT molecular complexity index is 1170. The molecule has 3 aromatic carbocycles. The molecule has 32 heavy (non-hydrogen) atoms. The molecule has 1 amide bonds. The van der Waals surface area contributed by atoms with Crippen LogP contribution < -0.4 is 10.0 Å². The molecule has 0 saturated carbocycles. The number of carbonyl (C=O) groups excluding carboxylic acids is 1. The zero-order valence-corrected chi connectivity index (χ0v) is 18.6. The number of ether oxygens (including phenoxy) is 1. The van der Waals surface area contributed by atoms with E-state index in [2.05, 4.69) is 14.9 Å². The summed E-state index contributed by atoms with van der Waals surface area (Å²) in [4.78, 5) is 15.2. The molecule has 168 valence electrons. The maximum absolute atomic E-state index is 12.8. The highest BCUT2D eigenvalue weighted by atomic mass is 32.2. The molecule has 0 aromatic heterocycles. The molecular weight excluding hydrogens is 426 g/mol. The van der Waals surface area contributed by atoms with Crippen molar-refractivity contribution >= 4 is 32.4 Å². The number of hydrogen-bond donors (Lipinski definition) is 2. The van der Waals surface area contributed by atoms with Crippen LogP contribution in [0.3, 0.4) is 0 Å². The Balaban J connectivity index is 1.34. The van der Waals surface area contributed by atoms with Crippen LogP contribution in [0, 0.1) is 0 Å². The van der Waals surface area contributed by atoms with Crippen LogP contribution in [-0.2, 0) is 14.8 Å². The van der Waals surface area contributed by atoms with E-state index in [0.717, 1.165) is 50.0 Å². The van der Waals surface area contributed by atoms with Gasteiger partial charge in [-0.05, 0) is 54.1 Å². The number of sulfonamides is 1. The second-order valence-corrected chi connectivity index (χ2v) is 9.48. The lowest BCUT2D eigenvalue weighted by atomic mass is 10.0. The van der Waals surface area contributed by atoms with Gasteiger partial charge in [-0.2, -0.15) is 0 Å². The third kappa shape index (κ3) is 5.52. The Kier molecular flexibility index (Phi) is 7.16. The number of nitrogens with zero attached hydrogens (tertiary/aromatic N) is 1. The number of rotatable bonds is 8. The van der Waals surface area contributed by atoms with E-state index in [1.54, 1.807) is 18.2 Å². The molecule has 0 atom stereocenters. The molecule has 1 heterocycles. The minimum absolute atomic E-state index is 0.173. The van der Waals surface area contributed by atoms with Crippen LogP contribution in [0.25, 0.3) is 10.8 Å². The zero-order chi connectivity index (χ0) is 22.4. The van der Waals surface area contributed by atoms with Crippen molar-refractivity contribution in [3.63, 3.8) is 0 Å². The lowest BCUT2D eigenvalue weighted by molar-refractivity contribution is 0.0376. The molecule has 0 aliphatic carbocycles. The molecule has 0 spiro atoms. The third-order valence-electron chi connectivity index (χ3n) is 5.50. The molecule has 2 N–H and O–H groups in total. The van der Waals surface area contributed by atoms with E-state index in [1.165, 1.54) is 12.1 Å². The second kappa shape index (κ2) is 10.2. The molecule has 8 heteroatoms. The van der Waals surface area contributed by atoms with E-state index in [1.807, 2.05) is 36.4 Å². The predicted octanol–water partition coefficient (Wildman–Crippen LogP) is 3.09. The summed E-state index contributed by atoms with van der Waals surface area (Å²) in [6, 6.07) is 19.5. The number of nitrogens with one attached hydrogen (secondary N) is 2. The molecule has 1 saturated heterocycles. The molecule has 0 radical (unpaired) electrons. The van der Waals surface area contributed by atoms with Crippen LogP contribution in [0.4, 0.5) is 5.69 Å². The highest BCUT2D eigenvalue weighted by molar-refractivity contribution is 7.89. The summed E-state index contributed by atoms with van der Waals surface area (Å²) in [6.45, 7) is 4.45. The molecule has 7 nitrogen and oxygen atoms in total. The second-order valence-electron chi connectivity index (χ2n) is 7.71. The summed E-state index contributed by atoms with van der Waals surface area (Å²) < 4.78 is 33.1. The molecular formula is C24H27N3O4S. The number of fused-ring (bicyclic) bond motifs is 1. The van der Waals surface area contributed by atoms with Crippen molar-refractivity contribution in [3.8, 4) is 0 Å². The van der Waals surface area contributed by atoms with Crippen molar-refractivity contribution in [1.82, 2.24) is 9.62 Å². The van der Waals surface area contributed by atoms with Gasteiger partial charge in [0.15, 0.2) is 0 Å². The minimum atomic E-state index is -3.60. The summed E-state index contributed by atoms with van der Waals surface area (Å²) in [5, 5.41) is 4.70. The van der Waals surface area contributed by atoms with Gasteiger partial charge in [-0.15, -0.1) is 0 Å². The first kappa shape index (κ1) is 22.4. The topological polar surface area (TPSA) is 87.7 Å². The average molecular weight is 454 g/mol. The first-order valence-corrected chi connectivity index (χ1v) is 12.2. The van der Waals surface area contributed by atoms with E-state index >= 15 is 0 Å². The zero-order valence-electron chi connectivity index (χ0n) is 17.8. The van der Waals surface area contributed by atoms with Crippen LogP contribution in [0.15, 0.2) is 71.6 Å². The number of benzene rings is 3. The quantitative estimate of drug-likeness (QED) is 0.512. The molecule has 1 aliphatic rings. The van der Waals surface area contributed by atoms with Crippen molar-refractivity contribution < 1.29 is 17.9 Å². The van der Waals surface area contributed by atoms with Crippen molar-refractivity contribution in [2.45, 2.75) is 11.3 Å². The van der Waals surface area contributed by atoms with Crippen molar-refractivity contribution in [3.05, 3.63) is 72.3 Å². The molecule has 4 rings (SSSR count). The highest BCUT2D eigenvalue weighted by Gasteiger charge is 2.15. The first-order valence-electron chi connectivity index (χ1n) is 10.7. The Labute approximate surface area is 188 Å². The highest BCUT2D eigenvalue weighted by Crippen LogP contribution is 2.20. The fourth-order valence-electron chi connectivity index (χ4n) is 3.76. The molecule has 3 aromatic rings. The van der Waals surface area contributed by atoms with Gasteiger partial charge in [-0.1, -0.05) is 36.4 Å². The van der Waals surface area contributed by atoms with Crippen LogP contribution in [-0.4, -0.2) is 58.6 Å². The Morgan fingerprint density at radius 2 is 1.66 bits per heavy atom. The van der Waals surface area contributed by atoms with Gasteiger partial charge in [0.1, 0.15) is 0 Å². The summed E-state index contributed by atoms with van der Waals surface area (Å²) >= 11 is 0. The smallest absolute Gasteiger partial charge is 0.256 e. The summed E-state index contributed by atoms with van der Waals surface area (Å²) in [5.74, 6) is -0.237. The molecule has 1 aliphatic heterocycles. The number of hydrogen-bond acceptors (Lipinski definition) is 5. The van der Waals surface area contributed by atoms with Crippen molar-refractivity contribution in [2.75, 3.05) is 44.7 Å². The minimum Gasteiger partial charge on any atom is -0.379 e. The van der Waals surface area contributed by atoms with Gasteiger partial charge in [-0.25, -0.2) is 13.1 Å². The monoisotopic (exact) mass is 453 g/mol. The van der Waals surface area contributed by atoms with Gasteiger partial charge in [0.05, 0.1) is 18.1 Å². The average Bonchev–Trinajstić information content (AvgIpc) is 2.82. The van der Waals surface area contributed by atoms with E-state index < -0.39 is 10.0 Å². The van der Waals surface area contributed by atoms with Gasteiger partial charge in [-0.3, -0.25) is 9.69 Å². The summed E-state index contributed by atoms with van der Waals surface area (Å²) in [5.41, 5.74) is 1.11.